The first-order chi connectivity index (χ1) is 10.7. The van der Waals surface area contributed by atoms with Crippen LogP contribution in [0, 0.1) is 0 Å². The molecule has 1 aromatic heterocycles. The second-order valence-electron chi connectivity index (χ2n) is 4.92. The van der Waals surface area contributed by atoms with E-state index in [-0.39, 0.29) is 12.2 Å². The molecule has 2 aromatic rings. The maximum atomic E-state index is 12.1. The lowest BCUT2D eigenvalue weighted by molar-refractivity contribution is 0.0208. The van der Waals surface area contributed by atoms with Gasteiger partial charge in [-0.05, 0) is 18.2 Å². The number of esters is 1. The molecular formula is C16H14ClNO4. The summed E-state index contributed by atoms with van der Waals surface area (Å²) in [5, 5.41) is -0.632. The number of nitrogens with zero attached hydrogens (tertiary/aromatic N) is 1. The Morgan fingerprint density at radius 1 is 1.18 bits per heavy atom. The molecular weight excluding hydrogens is 306 g/mol. The lowest BCUT2D eigenvalue weighted by Gasteiger charge is -2.18. The van der Waals surface area contributed by atoms with Gasteiger partial charge in [0.05, 0.1) is 12.2 Å². The smallest absolute Gasteiger partial charge is 0.338 e. The molecule has 22 heavy (non-hydrogen) atoms. The molecule has 1 saturated heterocycles. The van der Waals surface area contributed by atoms with E-state index in [0.717, 1.165) is 0 Å². The molecule has 0 saturated carbocycles. The van der Waals surface area contributed by atoms with Gasteiger partial charge >= 0.3 is 5.97 Å². The molecule has 114 valence electrons. The highest BCUT2D eigenvalue weighted by molar-refractivity contribution is 6.21. The molecule has 0 bridgehead atoms. The molecule has 0 spiro atoms. The van der Waals surface area contributed by atoms with Crippen molar-refractivity contribution in [2.24, 2.45) is 0 Å². The molecule has 1 fully saturated rings. The normalized spacial score (nSPS) is 24.1. The van der Waals surface area contributed by atoms with Crippen LogP contribution in [0.1, 0.15) is 16.6 Å². The van der Waals surface area contributed by atoms with Gasteiger partial charge in [-0.1, -0.05) is 24.3 Å². The third-order valence-corrected chi connectivity index (χ3v) is 3.95. The number of aromatic nitrogens is 1. The minimum Gasteiger partial charge on any atom is -0.455 e. The third-order valence-electron chi connectivity index (χ3n) is 3.45. The van der Waals surface area contributed by atoms with Gasteiger partial charge in [-0.2, -0.15) is 0 Å². The average molecular weight is 320 g/mol. The molecule has 2 heterocycles. The number of halogens is 1. The highest BCUT2D eigenvalue weighted by atomic mass is 35.5. The van der Waals surface area contributed by atoms with Crippen LogP contribution in [0.15, 0.2) is 59.5 Å². The molecule has 3 atom stereocenters. The Kier molecular flexibility index (Phi) is 4.27. The van der Waals surface area contributed by atoms with E-state index < -0.39 is 23.7 Å². The van der Waals surface area contributed by atoms with Crippen LogP contribution in [0.5, 0.6) is 0 Å². The number of carbonyl (C=O) groups excluding carboxylic acids is 1. The molecule has 1 aliphatic heterocycles. The fourth-order valence-corrected chi connectivity index (χ4v) is 2.64. The highest BCUT2D eigenvalue weighted by Gasteiger charge is 2.40. The van der Waals surface area contributed by atoms with Crippen LogP contribution in [0.25, 0.3) is 0 Å². The summed E-state index contributed by atoms with van der Waals surface area (Å²) in [6.07, 6.45) is 0.347. The summed E-state index contributed by atoms with van der Waals surface area (Å²) in [5.41, 5.74) is 0.236. The van der Waals surface area contributed by atoms with E-state index in [2.05, 4.69) is 0 Å². The first-order valence-corrected chi connectivity index (χ1v) is 7.29. The van der Waals surface area contributed by atoms with Gasteiger partial charge in [0.25, 0.3) is 5.56 Å². The molecule has 0 amide bonds. The topological polar surface area (TPSA) is 57.5 Å². The number of benzene rings is 1. The van der Waals surface area contributed by atoms with Gasteiger partial charge < -0.3 is 9.47 Å². The predicted octanol–water partition coefficient (Wildman–Crippen LogP) is 2.21. The SMILES string of the molecule is O=C(OC1COC(n2ccccc2=O)C1Cl)c1ccccc1. The Balaban J connectivity index is 1.72. The molecule has 3 unspecified atom stereocenters. The second kappa shape index (κ2) is 6.34. The van der Waals surface area contributed by atoms with Gasteiger partial charge in [0, 0.05) is 12.3 Å². The molecule has 5 nitrogen and oxygen atoms in total. The van der Waals surface area contributed by atoms with Crippen LogP contribution in [0.4, 0.5) is 0 Å². The van der Waals surface area contributed by atoms with Gasteiger partial charge in [-0.25, -0.2) is 4.79 Å². The fraction of sp³-hybridized carbons (Fsp3) is 0.250. The van der Waals surface area contributed by atoms with Crippen LogP contribution in [0.3, 0.4) is 0 Å². The summed E-state index contributed by atoms with van der Waals surface area (Å²) < 4.78 is 12.3. The number of rotatable bonds is 3. The van der Waals surface area contributed by atoms with Crippen LogP contribution in [-0.2, 0) is 9.47 Å². The minimum absolute atomic E-state index is 0.152. The molecule has 3 rings (SSSR count). The Morgan fingerprint density at radius 3 is 2.64 bits per heavy atom. The molecule has 1 aromatic carbocycles. The van der Waals surface area contributed by atoms with E-state index in [0.29, 0.717) is 5.56 Å². The van der Waals surface area contributed by atoms with Gasteiger partial charge in [-0.3, -0.25) is 9.36 Å². The van der Waals surface area contributed by atoms with E-state index in [1.54, 1.807) is 42.6 Å². The molecule has 0 radical (unpaired) electrons. The number of hydrogen-bond acceptors (Lipinski definition) is 4. The number of alkyl halides is 1. The zero-order chi connectivity index (χ0) is 15.5. The van der Waals surface area contributed by atoms with Crippen LogP contribution in [0.2, 0.25) is 0 Å². The van der Waals surface area contributed by atoms with E-state index in [9.17, 15) is 9.59 Å². The van der Waals surface area contributed by atoms with E-state index >= 15 is 0 Å². The maximum absolute atomic E-state index is 12.1. The van der Waals surface area contributed by atoms with Crippen LogP contribution >= 0.6 is 11.6 Å². The third kappa shape index (κ3) is 2.91. The fourth-order valence-electron chi connectivity index (χ4n) is 2.32. The second-order valence-corrected chi connectivity index (χ2v) is 5.43. The van der Waals surface area contributed by atoms with Crippen molar-refractivity contribution in [3.8, 4) is 0 Å². The van der Waals surface area contributed by atoms with Gasteiger partial charge in [0.15, 0.2) is 6.23 Å². The van der Waals surface area contributed by atoms with E-state index in [4.69, 9.17) is 21.1 Å². The van der Waals surface area contributed by atoms with Crippen molar-refractivity contribution in [3.63, 3.8) is 0 Å². The van der Waals surface area contributed by atoms with Gasteiger partial charge in [0.2, 0.25) is 0 Å². The quantitative estimate of drug-likeness (QED) is 0.643. The van der Waals surface area contributed by atoms with Crippen molar-refractivity contribution in [2.45, 2.75) is 17.7 Å². The lowest BCUT2D eigenvalue weighted by atomic mass is 10.2. The van der Waals surface area contributed by atoms with Crippen molar-refractivity contribution in [2.75, 3.05) is 6.61 Å². The minimum atomic E-state index is -0.649. The summed E-state index contributed by atoms with van der Waals surface area (Å²) in [7, 11) is 0. The Bertz CT molecular complexity index is 715. The monoisotopic (exact) mass is 319 g/mol. The first kappa shape index (κ1) is 14.8. The van der Waals surface area contributed by atoms with Gasteiger partial charge in [0.1, 0.15) is 11.5 Å². The highest BCUT2D eigenvalue weighted by Crippen LogP contribution is 2.30. The summed E-state index contributed by atoms with van der Waals surface area (Å²) in [6, 6.07) is 13.5. The Morgan fingerprint density at radius 2 is 1.91 bits per heavy atom. The predicted molar refractivity (Wildman–Crippen MR) is 81.0 cm³/mol. The Hall–Kier alpha value is -2.11. The first-order valence-electron chi connectivity index (χ1n) is 6.85. The van der Waals surface area contributed by atoms with Crippen LogP contribution in [-0.4, -0.2) is 28.6 Å². The Labute approximate surface area is 132 Å². The van der Waals surface area contributed by atoms with E-state index in [1.165, 1.54) is 10.6 Å². The van der Waals surface area contributed by atoms with Crippen molar-refractivity contribution in [1.82, 2.24) is 4.57 Å². The number of pyridine rings is 1. The van der Waals surface area contributed by atoms with Crippen LogP contribution < -0.4 is 5.56 Å². The van der Waals surface area contributed by atoms with Crippen molar-refractivity contribution >= 4 is 17.6 Å². The standard InChI is InChI=1S/C16H14ClNO4/c17-14-12(22-16(20)11-6-2-1-3-7-11)10-21-15(14)18-9-5-4-8-13(18)19/h1-9,12,14-15H,10H2. The lowest BCUT2D eigenvalue weighted by Crippen LogP contribution is -2.32. The molecule has 6 heteroatoms. The molecule has 0 N–H and O–H groups in total. The summed E-state index contributed by atoms with van der Waals surface area (Å²) in [5.74, 6) is -0.457. The molecule has 0 aliphatic carbocycles. The van der Waals surface area contributed by atoms with Gasteiger partial charge in [-0.15, -0.1) is 11.6 Å². The maximum Gasteiger partial charge on any atom is 0.338 e. The summed E-state index contributed by atoms with van der Waals surface area (Å²) in [6.45, 7) is 0.152. The average Bonchev–Trinajstić information content (AvgIpc) is 2.90. The largest absolute Gasteiger partial charge is 0.455 e. The van der Waals surface area contributed by atoms with Crippen molar-refractivity contribution in [3.05, 3.63) is 70.6 Å². The zero-order valence-electron chi connectivity index (χ0n) is 11.6. The number of hydrogen-bond donors (Lipinski definition) is 0. The van der Waals surface area contributed by atoms with E-state index in [1.807, 2.05) is 6.07 Å². The summed E-state index contributed by atoms with van der Waals surface area (Å²) >= 11 is 6.32. The molecule has 1 aliphatic rings. The number of ether oxygens (including phenoxy) is 2. The zero-order valence-corrected chi connectivity index (χ0v) is 12.3. The van der Waals surface area contributed by atoms with Crippen molar-refractivity contribution in [1.29, 1.82) is 0 Å². The number of carbonyl (C=O) groups is 1. The van der Waals surface area contributed by atoms with Crippen molar-refractivity contribution < 1.29 is 14.3 Å². The summed E-state index contributed by atoms with van der Waals surface area (Å²) in [4.78, 5) is 23.9.